The van der Waals surface area contributed by atoms with Gasteiger partial charge in [0.15, 0.2) is 6.61 Å². The lowest BCUT2D eigenvalue weighted by Gasteiger charge is -2.28. The molecule has 0 heterocycles. The summed E-state index contributed by atoms with van der Waals surface area (Å²) in [6.45, 7) is 7.89. The third-order valence-electron chi connectivity index (χ3n) is 4.62. The Morgan fingerprint density at radius 1 is 1.14 bits per heavy atom. The second-order valence-electron chi connectivity index (χ2n) is 6.96. The molecule has 0 spiro atoms. The third kappa shape index (κ3) is 5.58. The standard InChI is InChI=1S/C22H27BrN2O3/c1-14-7-6-8-18(9-14)12-25(17(4)22(27)24-5)20(26)13-28-19-10-15(2)21(23)16(3)11-19/h6-11,17H,12-13H2,1-5H3,(H,24,27)/t17-/m0/s1. The van der Waals surface area contributed by atoms with Gasteiger partial charge in [-0.05, 0) is 56.5 Å². The lowest BCUT2D eigenvalue weighted by atomic mass is 10.1. The second-order valence-corrected chi connectivity index (χ2v) is 7.75. The summed E-state index contributed by atoms with van der Waals surface area (Å²) in [6, 6.07) is 11.1. The van der Waals surface area contributed by atoms with Gasteiger partial charge in [0, 0.05) is 18.1 Å². The Morgan fingerprint density at radius 2 is 1.79 bits per heavy atom. The molecule has 2 aromatic carbocycles. The number of hydrogen-bond donors (Lipinski definition) is 1. The number of hydrogen-bond acceptors (Lipinski definition) is 3. The summed E-state index contributed by atoms with van der Waals surface area (Å²) in [5.74, 6) is 0.182. The van der Waals surface area contributed by atoms with Crippen LogP contribution in [0.25, 0.3) is 0 Å². The van der Waals surface area contributed by atoms with Crippen molar-refractivity contribution in [3.63, 3.8) is 0 Å². The van der Waals surface area contributed by atoms with E-state index >= 15 is 0 Å². The number of benzene rings is 2. The first-order chi connectivity index (χ1) is 13.2. The number of amides is 2. The van der Waals surface area contributed by atoms with E-state index in [2.05, 4.69) is 21.2 Å². The molecule has 0 bridgehead atoms. The van der Waals surface area contributed by atoms with Crippen LogP contribution in [-0.4, -0.2) is 36.4 Å². The van der Waals surface area contributed by atoms with Crippen LogP contribution in [0.3, 0.4) is 0 Å². The van der Waals surface area contributed by atoms with Gasteiger partial charge >= 0.3 is 0 Å². The first-order valence-corrected chi connectivity index (χ1v) is 9.98. The molecule has 2 rings (SSSR count). The molecule has 0 saturated heterocycles. The van der Waals surface area contributed by atoms with Crippen LogP contribution >= 0.6 is 15.9 Å². The summed E-state index contributed by atoms with van der Waals surface area (Å²) in [6.07, 6.45) is 0. The predicted octanol–water partition coefficient (Wildman–Crippen LogP) is 3.92. The van der Waals surface area contributed by atoms with Crippen LogP contribution in [0.1, 0.15) is 29.2 Å². The van der Waals surface area contributed by atoms with Gasteiger partial charge in [-0.3, -0.25) is 9.59 Å². The fourth-order valence-corrected chi connectivity index (χ4v) is 3.25. The number of nitrogens with one attached hydrogen (secondary N) is 1. The van der Waals surface area contributed by atoms with Crippen molar-refractivity contribution in [2.75, 3.05) is 13.7 Å². The Kier molecular flexibility index (Phi) is 7.63. The number of rotatable bonds is 7. The van der Waals surface area contributed by atoms with Crippen molar-refractivity contribution >= 4 is 27.7 Å². The first kappa shape index (κ1) is 22.0. The molecule has 1 N–H and O–H groups in total. The van der Waals surface area contributed by atoms with E-state index in [1.165, 1.54) is 0 Å². The largest absolute Gasteiger partial charge is 0.484 e. The number of carbonyl (C=O) groups is 2. The summed E-state index contributed by atoms with van der Waals surface area (Å²) >= 11 is 3.53. The van der Waals surface area contributed by atoms with Crippen molar-refractivity contribution < 1.29 is 14.3 Å². The summed E-state index contributed by atoms with van der Waals surface area (Å²) in [5.41, 5.74) is 4.16. The minimum absolute atomic E-state index is 0.131. The zero-order valence-corrected chi connectivity index (χ0v) is 18.6. The van der Waals surface area contributed by atoms with Crippen molar-refractivity contribution in [2.45, 2.75) is 40.3 Å². The van der Waals surface area contributed by atoms with E-state index in [4.69, 9.17) is 4.74 Å². The third-order valence-corrected chi connectivity index (χ3v) is 5.87. The molecule has 0 aliphatic rings. The number of carbonyl (C=O) groups excluding carboxylic acids is 2. The van der Waals surface area contributed by atoms with Crippen LogP contribution in [0, 0.1) is 20.8 Å². The molecule has 150 valence electrons. The van der Waals surface area contributed by atoms with Gasteiger partial charge in [-0.1, -0.05) is 45.8 Å². The normalized spacial score (nSPS) is 11.6. The topological polar surface area (TPSA) is 58.6 Å². The maximum atomic E-state index is 12.9. The van der Waals surface area contributed by atoms with Gasteiger partial charge in [0.1, 0.15) is 11.8 Å². The maximum Gasteiger partial charge on any atom is 0.261 e. The van der Waals surface area contributed by atoms with E-state index < -0.39 is 6.04 Å². The van der Waals surface area contributed by atoms with Gasteiger partial charge in [-0.15, -0.1) is 0 Å². The molecule has 5 nitrogen and oxygen atoms in total. The molecule has 2 aromatic rings. The highest BCUT2D eigenvalue weighted by Crippen LogP contribution is 2.26. The highest BCUT2D eigenvalue weighted by Gasteiger charge is 2.26. The van der Waals surface area contributed by atoms with E-state index in [1.54, 1.807) is 18.9 Å². The van der Waals surface area contributed by atoms with E-state index in [9.17, 15) is 9.59 Å². The summed E-state index contributed by atoms with van der Waals surface area (Å²) in [4.78, 5) is 26.6. The van der Waals surface area contributed by atoms with Crippen molar-refractivity contribution in [1.29, 1.82) is 0 Å². The molecular formula is C22H27BrN2O3. The Bertz CT molecular complexity index is 844. The zero-order valence-electron chi connectivity index (χ0n) is 17.0. The van der Waals surface area contributed by atoms with Crippen LogP contribution in [0.15, 0.2) is 40.9 Å². The molecule has 0 aliphatic carbocycles. The zero-order chi connectivity index (χ0) is 20.8. The SMILES string of the molecule is CNC(=O)[C@H](C)N(Cc1cccc(C)c1)C(=O)COc1cc(C)c(Br)c(C)c1. The lowest BCUT2D eigenvalue weighted by molar-refractivity contribution is -0.142. The van der Waals surface area contributed by atoms with E-state index in [0.717, 1.165) is 26.7 Å². The molecular weight excluding hydrogens is 420 g/mol. The Hall–Kier alpha value is -2.34. The van der Waals surface area contributed by atoms with Gasteiger partial charge in [-0.2, -0.15) is 0 Å². The van der Waals surface area contributed by atoms with E-state index in [0.29, 0.717) is 12.3 Å². The highest BCUT2D eigenvalue weighted by molar-refractivity contribution is 9.10. The molecule has 0 unspecified atom stereocenters. The number of aryl methyl sites for hydroxylation is 3. The summed E-state index contributed by atoms with van der Waals surface area (Å²) in [5, 5.41) is 2.61. The number of ether oxygens (including phenoxy) is 1. The molecule has 0 aromatic heterocycles. The highest BCUT2D eigenvalue weighted by atomic mass is 79.9. The van der Waals surface area contributed by atoms with E-state index in [1.807, 2.05) is 57.2 Å². The van der Waals surface area contributed by atoms with Gasteiger partial charge in [0.25, 0.3) is 5.91 Å². The molecule has 0 fully saturated rings. The Morgan fingerprint density at radius 3 is 2.36 bits per heavy atom. The van der Waals surface area contributed by atoms with Gasteiger partial charge in [0.05, 0.1) is 0 Å². The van der Waals surface area contributed by atoms with Crippen LogP contribution in [0.4, 0.5) is 0 Å². The number of halogens is 1. The summed E-state index contributed by atoms with van der Waals surface area (Å²) < 4.78 is 6.77. The molecule has 2 amide bonds. The fourth-order valence-electron chi connectivity index (χ4n) is 3.02. The first-order valence-electron chi connectivity index (χ1n) is 9.19. The Labute approximate surface area is 175 Å². The molecule has 28 heavy (non-hydrogen) atoms. The smallest absolute Gasteiger partial charge is 0.261 e. The van der Waals surface area contributed by atoms with Crippen molar-refractivity contribution in [3.05, 3.63) is 63.1 Å². The molecule has 6 heteroatoms. The molecule has 0 saturated carbocycles. The molecule has 0 radical (unpaired) electrons. The van der Waals surface area contributed by atoms with Gasteiger partial charge in [-0.25, -0.2) is 0 Å². The van der Waals surface area contributed by atoms with Crippen LogP contribution in [-0.2, 0) is 16.1 Å². The predicted molar refractivity (Wildman–Crippen MR) is 114 cm³/mol. The summed E-state index contributed by atoms with van der Waals surface area (Å²) in [7, 11) is 1.57. The maximum absolute atomic E-state index is 12.9. The van der Waals surface area contributed by atoms with Crippen LogP contribution in [0.5, 0.6) is 5.75 Å². The quantitative estimate of drug-likeness (QED) is 0.700. The molecule has 1 atom stereocenters. The van der Waals surface area contributed by atoms with Gasteiger partial charge < -0.3 is 15.0 Å². The van der Waals surface area contributed by atoms with Crippen molar-refractivity contribution in [3.8, 4) is 5.75 Å². The lowest BCUT2D eigenvalue weighted by Crippen LogP contribution is -2.48. The fraction of sp³-hybridized carbons (Fsp3) is 0.364. The number of nitrogens with zero attached hydrogens (tertiary/aromatic N) is 1. The van der Waals surface area contributed by atoms with Crippen molar-refractivity contribution in [2.24, 2.45) is 0 Å². The van der Waals surface area contributed by atoms with Crippen molar-refractivity contribution in [1.82, 2.24) is 10.2 Å². The minimum atomic E-state index is -0.602. The van der Waals surface area contributed by atoms with Crippen LogP contribution in [0.2, 0.25) is 0 Å². The minimum Gasteiger partial charge on any atom is -0.484 e. The monoisotopic (exact) mass is 446 g/mol. The van der Waals surface area contributed by atoms with E-state index in [-0.39, 0.29) is 18.4 Å². The Balaban J connectivity index is 2.17. The average molecular weight is 447 g/mol. The second kappa shape index (κ2) is 9.73. The average Bonchev–Trinajstić information content (AvgIpc) is 2.67. The van der Waals surface area contributed by atoms with Crippen LogP contribution < -0.4 is 10.1 Å². The number of likely N-dealkylation sites (N-methyl/N-ethyl adjacent to an activating group) is 1. The van der Waals surface area contributed by atoms with Gasteiger partial charge in [0.2, 0.25) is 5.91 Å². The molecule has 0 aliphatic heterocycles.